The molecule has 34 heavy (non-hydrogen) atoms. The summed E-state index contributed by atoms with van der Waals surface area (Å²) in [6.07, 6.45) is -0.674. The highest BCUT2D eigenvalue weighted by Gasteiger charge is 2.43. The number of nitrogens with zero attached hydrogens (tertiary/aromatic N) is 2. The number of nitrogens with one attached hydrogen (secondary N) is 1. The predicted molar refractivity (Wildman–Crippen MR) is 124 cm³/mol. The van der Waals surface area contributed by atoms with Crippen molar-refractivity contribution in [3.63, 3.8) is 0 Å². The van der Waals surface area contributed by atoms with Crippen molar-refractivity contribution in [2.45, 2.75) is 37.3 Å². The summed E-state index contributed by atoms with van der Waals surface area (Å²) in [6, 6.07) is 2.73. The maximum absolute atomic E-state index is 13.7. The molecule has 0 radical (unpaired) electrons. The summed E-state index contributed by atoms with van der Waals surface area (Å²) in [5, 5.41) is 2.92. The van der Waals surface area contributed by atoms with Gasteiger partial charge in [-0.05, 0) is 54.9 Å². The van der Waals surface area contributed by atoms with Crippen LogP contribution in [0.5, 0.6) is 0 Å². The molecule has 3 aliphatic rings. The van der Waals surface area contributed by atoms with Gasteiger partial charge < -0.3 is 10.2 Å². The smallest absolute Gasteiger partial charge is 0.340 e. The van der Waals surface area contributed by atoms with Gasteiger partial charge in [-0.1, -0.05) is 0 Å². The van der Waals surface area contributed by atoms with E-state index in [2.05, 4.69) is 10.3 Å². The van der Waals surface area contributed by atoms with Crippen LogP contribution < -0.4 is 5.32 Å². The van der Waals surface area contributed by atoms with E-state index in [1.54, 1.807) is 4.90 Å². The van der Waals surface area contributed by atoms with Crippen LogP contribution in [0.15, 0.2) is 24.4 Å². The fourth-order valence-corrected chi connectivity index (χ4v) is 6.46. The summed E-state index contributed by atoms with van der Waals surface area (Å²) < 4.78 is 72.7. The number of amides is 1. The van der Waals surface area contributed by atoms with Crippen molar-refractivity contribution < 1.29 is 31.5 Å². The summed E-state index contributed by atoms with van der Waals surface area (Å²) in [5.41, 5.74) is 0.909. The van der Waals surface area contributed by atoms with Crippen molar-refractivity contribution in [2.24, 2.45) is 0 Å². The molecular formula is C22H24ClF4N3O3S. The number of anilines is 2. The number of carbonyl (C=O) groups is 1. The Morgan fingerprint density at radius 1 is 1.12 bits per heavy atom. The van der Waals surface area contributed by atoms with Crippen molar-refractivity contribution in [2.75, 3.05) is 29.9 Å². The van der Waals surface area contributed by atoms with Crippen LogP contribution in [0.4, 0.5) is 29.1 Å². The van der Waals surface area contributed by atoms with Gasteiger partial charge in [0.2, 0.25) is 0 Å². The number of halogens is 5. The summed E-state index contributed by atoms with van der Waals surface area (Å²) in [5.74, 6) is -0.543. The van der Waals surface area contributed by atoms with E-state index in [9.17, 15) is 31.5 Å². The predicted octanol–water partition coefficient (Wildman–Crippen LogP) is 5.98. The first kappa shape index (κ1) is 25.0. The van der Waals surface area contributed by atoms with Crippen LogP contribution >= 0.6 is 23.0 Å². The lowest BCUT2D eigenvalue weighted by Gasteiger charge is -2.41. The number of carbonyl (C=O) groups excluding carboxylic acids is 1. The second kappa shape index (κ2) is 8.85. The minimum Gasteiger partial charge on any atom is -0.340 e. The van der Waals surface area contributed by atoms with Crippen molar-refractivity contribution in [3.05, 3.63) is 52.5 Å². The number of alkyl halides is 3. The third kappa shape index (κ3) is 4.46. The van der Waals surface area contributed by atoms with E-state index in [4.69, 9.17) is 0 Å². The normalized spacial score (nSPS) is 23.8. The average Bonchev–Trinajstić information content (AvgIpc) is 3.37. The van der Waals surface area contributed by atoms with E-state index < -0.39 is 28.1 Å². The van der Waals surface area contributed by atoms with E-state index >= 15 is 0 Å². The molecule has 2 aromatic rings. The monoisotopic (exact) mass is 521 g/mol. The molecule has 1 amide bonds. The molecule has 2 heterocycles. The molecule has 1 aromatic heterocycles. The lowest BCUT2D eigenvalue weighted by molar-refractivity contribution is -0.139. The molecule has 12 heteroatoms. The molecule has 3 N–H and O–H groups in total. The maximum atomic E-state index is 13.7. The second-order valence-corrected chi connectivity index (χ2v) is 11.3. The lowest BCUT2D eigenvalue weighted by Crippen LogP contribution is -2.42. The Hall–Kier alpha value is -2.08. The van der Waals surface area contributed by atoms with Gasteiger partial charge in [-0.2, -0.15) is 23.8 Å². The Labute approximate surface area is 201 Å². The molecule has 1 saturated heterocycles. The molecular weight excluding hydrogens is 498 g/mol. The molecule has 2 aliphatic carbocycles. The van der Waals surface area contributed by atoms with E-state index in [-0.39, 0.29) is 60.4 Å². The number of rotatable bonds is 3. The standard InChI is InChI=1S/C22H23F4N3O3S.ClH/c23-17-4-3-14(10-16(17)22(24,25)26)28-20-19-13-2-1-12(9-13)18(19)15(11-27-20)21(30)29-5-7-33(31,32)8-6-29;/h3-4,10-13,31-32H,1-2,5-9H2,(H,27,28);1H. The zero-order chi connectivity index (χ0) is 23.5. The Morgan fingerprint density at radius 2 is 1.76 bits per heavy atom. The van der Waals surface area contributed by atoms with Crippen molar-refractivity contribution in [1.82, 2.24) is 9.88 Å². The Bertz CT molecular complexity index is 1120. The topological polar surface area (TPSA) is 85.7 Å². The van der Waals surface area contributed by atoms with Crippen LogP contribution in [0.3, 0.4) is 0 Å². The fraction of sp³-hybridized carbons (Fsp3) is 0.455. The average molecular weight is 522 g/mol. The molecule has 5 rings (SSSR count). The molecule has 0 spiro atoms. The number of pyridine rings is 1. The molecule has 6 nitrogen and oxygen atoms in total. The zero-order valence-electron chi connectivity index (χ0n) is 17.9. The van der Waals surface area contributed by atoms with Gasteiger partial charge in [0.15, 0.2) is 0 Å². The molecule has 1 aromatic carbocycles. The van der Waals surface area contributed by atoms with Crippen molar-refractivity contribution in [3.8, 4) is 0 Å². The first-order chi connectivity index (χ1) is 15.5. The quantitative estimate of drug-likeness (QED) is 0.433. The number of hydrogen-bond acceptors (Lipinski definition) is 5. The minimum absolute atomic E-state index is 0. The van der Waals surface area contributed by atoms with Gasteiger partial charge in [-0.15, -0.1) is 12.4 Å². The molecule has 2 unspecified atom stereocenters. The zero-order valence-corrected chi connectivity index (χ0v) is 19.6. The van der Waals surface area contributed by atoms with E-state index in [1.807, 2.05) is 0 Å². The largest absolute Gasteiger partial charge is 0.419 e. The highest BCUT2D eigenvalue weighted by molar-refractivity contribution is 8.24. The van der Waals surface area contributed by atoms with Gasteiger partial charge in [-0.3, -0.25) is 13.9 Å². The van der Waals surface area contributed by atoms with E-state index in [0.29, 0.717) is 11.4 Å². The Morgan fingerprint density at radius 3 is 2.41 bits per heavy atom. The molecule has 2 bridgehead atoms. The lowest BCUT2D eigenvalue weighted by atomic mass is 9.88. The fourth-order valence-electron chi connectivity index (χ4n) is 5.23. The second-order valence-electron chi connectivity index (χ2n) is 8.87. The van der Waals surface area contributed by atoms with E-state index in [0.717, 1.165) is 42.5 Å². The van der Waals surface area contributed by atoms with Gasteiger partial charge in [0.1, 0.15) is 11.6 Å². The van der Waals surface area contributed by atoms with Gasteiger partial charge in [-0.25, -0.2) is 9.37 Å². The Balaban J connectivity index is 0.00000274. The number of aromatic nitrogens is 1. The molecule has 2 fully saturated rings. The van der Waals surface area contributed by atoms with Gasteiger partial charge in [0.25, 0.3) is 5.91 Å². The van der Waals surface area contributed by atoms with Gasteiger partial charge in [0.05, 0.1) is 22.6 Å². The van der Waals surface area contributed by atoms with Crippen LogP contribution in [0.1, 0.15) is 58.1 Å². The number of hydrogen-bond donors (Lipinski definition) is 3. The third-order valence-electron chi connectivity index (χ3n) is 6.84. The van der Waals surface area contributed by atoms with Crippen molar-refractivity contribution >= 4 is 40.4 Å². The summed E-state index contributed by atoms with van der Waals surface area (Å²) >= 11 is 0. The van der Waals surface area contributed by atoms with Crippen molar-refractivity contribution in [1.29, 1.82) is 0 Å². The van der Waals surface area contributed by atoms with Gasteiger partial charge in [0, 0.05) is 30.5 Å². The summed E-state index contributed by atoms with van der Waals surface area (Å²) in [6.45, 7) is 0.500. The third-order valence-corrected chi connectivity index (χ3v) is 8.51. The van der Waals surface area contributed by atoms with Crippen LogP contribution in [-0.2, 0) is 6.18 Å². The molecule has 1 saturated carbocycles. The van der Waals surface area contributed by atoms with Crippen LogP contribution in [-0.4, -0.2) is 49.5 Å². The Kier molecular flexibility index (Phi) is 6.52. The summed E-state index contributed by atoms with van der Waals surface area (Å²) in [7, 11) is -2.64. The number of fused-ring (bicyclic) bond motifs is 5. The highest BCUT2D eigenvalue weighted by Crippen LogP contribution is 2.56. The van der Waals surface area contributed by atoms with Gasteiger partial charge >= 0.3 is 6.18 Å². The SMILES string of the molecule is Cl.O=C(c1cnc(Nc2ccc(F)c(C(F)(F)F)c2)c2c1C1CCC2C1)N1CCS(O)(O)CC1. The number of benzene rings is 1. The van der Waals surface area contributed by atoms with Crippen LogP contribution in [0.25, 0.3) is 0 Å². The van der Waals surface area contributed by atoms with E-state index in [1.165, 1.54) is 12.3 Å². The molecule has 1 aliphatic heterocycles. The minimum atomic E-state index is -4.82. The first-order valence-electron chi connectivity index (χ1n) is 10.7. The summed E-state index contributed by atoms with van der Waals surface area (Å²) in [4.78, 5) is 19.3. The van der Waals surface area contributed by atoms with Crippen LogP contribution in [0.2, 0.25) is 0 Å². The first-order valence-corrected chi connectivity index (χ1v) is 12.6. The molecule has 2 atom stereocenters. The maximum Gasteiger partial charge on any atom is 0.419 e. The van der Waals surface area contributed by atoms with Crippen LogP contribution in [0, 0.1) is 5.82 Å². The molecule has 186 valence electrons. The highest BCUT2D eigenvalue weighted by atomic mass is 35.5.